The van der Waals surface area contributed by atoms with Crippen LogP contribution in [0.1, 0.15) is 35.7 Å². The van der Waals surface area contributed by atoms with Gasteiger partial charge in [0.1, 0.15) is 0 Å². The van der Waals surface area contributed by atoms with Crippen molar-refractivity contribution < 1.29 is 9.72 Å². The zero-order valence-electron chi connectivity index (χ0n) is 12.7. The zero-order valence-corrected chi connectivity index (χ0v) is 12.7. The van der Waals surface area contributed by atoms with E-state index < -0.39 is 10.8 Å². The first-order valence-electron chi connectivity index (χ1n) is 7.43. The quantitative estimate of drug-likeness (QED) is 0.627. The molecule has 7 heteroatoms. The maximum Gasteiger partial charge on any atom is 0.274 e. The summed E-state index contributed by atoms with van der Waals surface area (Å²) in [6.07, 6.45) is 2.14. The SMILES string of the molecule is CC(N)C1CCCN(Cc2ccc(C(N)=O)cc2[N+](=O)[O-])C1. The van der Waals surface area contributed by atoms with Crippen LogP contribution in [0.25, 0.3) is 0 Å². The molecule has 4 N–H and O–H groups in total. The molecule has 1 aliphatic rings. The highest BCUT2D eigenvalue weighted by molar-refractivity contribution is 5.93. The van der Waals surface area contributed by atoms with Crippen molar-refractivity contribution >= 4 is 11.6 Å². The Hall–Kier alpha value is -1.99. The largest absolute Gasteiger partial charge is 0.366 e. The highest BCUT2D eigenvalue weighted by Crippen LogP contribution is 2.25. The molecule has 0 bridgehead atoms. The number of primary amides is 1. The van der Waals surface area contributed by atoms with Crippen molar-refractivity contribution in [3.05, 3.63) is 39.4 Å². The van der Waals surface area contributed by atoms with Crippen molar-refractivity contribution in [2.45, 2.75) is 32.4 Å². The van der Waals surface area contributed by atoms with Gasteiger partial charge in [0.05, 0.1) is 4.92 Å². The van der Waals surface area contributed by atoms with Gasteiger partial charge in [0.2, 0.25) is 5.91 Å². The molecule has 0 radical (unpaired) electrons. The highest BCUT2D eigenvalue weighted by Gasteiger charge is 2.25. The van der Waals surface area contributed by atoms with E-state index in [1.165, 1.54) is 12.1 Å². The summed E-state index contributed by atoms with van der Waals surface area (Å²) in [7, 11) is 0. The van der Waals surface area contributed by atoms with Gasteiger partial charge in [0.15, 0.2) is 0 Å². The second kappa shape index (κ2) is 6.85. The number of hydrogen-bond acceptors (Lipinski definition) is 5. The topological polar surface area (TPSA) is 115 Å². The molecule has 22 heavy (non-hydrogen) atoms. The minimum atomic E-state index is -0.662. The maximum atomic E-state index is 11.2. The van der Waals surface area contributed by atoms with E-state index in [0.717, 1.165) is 25.9 Å². The monoisotopic (exact) mass is 306 g/mol. The van der Waals surface area contributed by atoms with Crippen LogP contribution in [0.3, 0.4) is 0 Å². The van der Waals surface area contributed by atoms with E-state index in [1.807, 2.05) is 6.92 Å². The number of nitro groups is 1. The summed E-state index contributed by atoms with van der Waals surface area (Å²) >= 11 is 0. The molecule has 120 valence electrons. The molecule has 1 aliphatic heterocycles. The summed E-state index contributed by atoms with van der Waals surface area (Å²) < 4.78 is 0. The molecule has 2 rings (SSSR count). The number of likely N-dealkylation sites (tertiary alicyclic amines) is 1. The molecule has 1 aromatic rings. The number of benzene rings is 1. The van der Waals surface area contributed by atoms with Crippen molar-refractivity contribution in [3.63, 3.8) is 0 Å². The summed E-state index contributed by atoms with van der Waals surface area (Å²) in [5.41, 5.74) is 11.8. The average Bonchev–Trinajstić information content (AvgIpc) is 2.47. The van der Waals surface area contributed by atoms with Crippen molar-refractivity contribution in [1.82, 2.24) is 4.90 Å². The number of carbonyl (C=O) groups excluding carboxylic acids is 1. The molecule has 1 heterocycles. The second-order valence-corrected chi connectivity index (χ2v) is 5.96. The number of piperidine rings is 1. The van der Waals surface area contributed by atoms with Gasteiger partial charge in [-0.05, 0) is 38.3 Å². The van der Waals surface area contributed by atoms with Crippen molar-refractivity contribution in [1.29, 1.82) is 0 Å². The fraction of sp³-hybridized carbons (Fsp3) is 0.533. The first-order chi connectivity index (χ1) is 10.4. The van der Waals surface area contributed by atoms with E-state index in [4.69, 9.17) is 11.5 Å². The Balaban J connectivity index is 2.18. The van der Waals surface area contributed by atoms with Gasteiger partial charge >= 0.3 is 0 Å². The normalized spacial score (nSPS) is 20.5. The molecular weight excluding hydrogens is 284 g/mol. The fourth-order valence-electron chi connectivity index (χ4n) is 2.93. The van der Waals surface area contributed by atoms with Crippen molar-refractivity contribution in [3.8, 4) is 0 Å². The summed E-state index contributed by atoms with van der Waals surface area (Å²) in [5.74, 6) is -0.248. The number of carbonyl (C=O) groups is 1. The Kier molecular flexibility index (Phi) is 5.10. The molecule has 2 atom stereocenters. The third-order valence-electron chi connectivity index (χ3n) is 4.25. The predicted molar refractivity (Wildman–Crippen MR) is 83.3 cm³/mol. The van der Waals surface area contributed by atoms with Gasteiger partial charge in [0, 0.05) is 36.3 Å². The van der Waals surface area contributed by atoms with Crippen LogP contribution >= 0.6 is 0 Å². The third-order valence-corrected chi connectivity index (χ3v) is 4.25. The van der Waals surface area contributed by atoms with Gasteiger partial charge < -0.3 is 11.5 Å². The molecule has 1 amide bonds. The van der Waals surface area contributed by atoms with Crippen LogP contribution in [0.5, 0.6) is 0 Å². The predicted octanol–water partition coefficient (Wildman–Crippen LogP) is 1.25. The Labute approximate surface area is 129 Å². The molecular formula is C15H22N4O3. The summed E-state index contributed by atoms with van der Waals surface area (Å²) in [6, 6.07) is 4.53. The van der Waals surface area contributed by atoms with Gasteiger partial charge in [-0.1, -0.05) is 6.07 Å². The molecule has 1 fully saturated rings. The standard InChI is InChI=1S/C15H22N4O3/c1-10(16)12-3-2-6-18(8-12)9-13-5-4-11(15(17)20)7-14(13)19(21)22/h4-5,7,10,12H,2-3,6,8-9,16H2,1H3,(H2,17,20). The second-order valence-electron chi connectivity index (χ2n) is 5.96. The van der Waals surface area contributed by atoms with Gasteiger partial charge in [-0.2, -0.15) is 0 Å². The van der Waals surface area contributed by atoms with Gasteiger partial charge in [-0.15, -0.1) is 0 Å². The third kappa shape index (κ3) is 3.80. The van der Waals surface area contributed by atoms with Crippen LogP contribution in [0.2, 0.25) is 0 Å². The van der Waals surface area contributed by atoms with Gasteiger partial charge in [-0.3, -0.25) is 19.8 Å². The molecule has 0 aromatic heterocycles. The lowest BCUT2D eigenvalue weighted by Crippen LogP contribution is -2.42. The van der Waals surface area contributed by atoms with E-state index in [0.29, 0.717) is 18.0 Å². The summed E-state index contributed by atoms with van der Waals surface area (Å²) in [4.78, 5) is 24.1. The van der Waals surface area contributed by atoms with E-state index >= 15 is 0 Å². The molecule has 0 spiro atoms. The van der Waals surface area contributed by atoms with Crippen molar-refractivity contribution in [2.75, 3.05) is 13.1 Å². The summed E-state index contributed by atoms with van der Waals surface area (Å²) in [5, 5.41) is 11.2. The highest BCUT2D eigenvalue weighted by atomic mass is 16.6. The number of nitro benzene ring substituents is 1. The molecule has 2 unspecified atom stereocenters. The van der Waals surface area contributed by atoms with Crippen LogP contribution < -0.4 is 11.5 Å². The number of amides is 1. The first kappa shape index (κ1) is 16.4. The Morgan fingerprint density at radius 2 is 2.27 bits per heavy atom. The van der Waals surface area contributed by atoms with E-state index in [9.17, 15) is 14.9 Å². The lowest BCUT2D eigenvalue weighted by atomic mass is 9.92. The van der Waals surface area contributed by atoms with Gasteiger partial charge in [-0.25, -0.2) is 0 Å². The van der Waals surface area contributed by atoms with Gasteiger partial charge in [0.25, 0.3) is 5.69 Å². The fourth-order valence-corrected chi connectivity index (χ4v) is 2.93. The first-order valence-corrected chi connectivity index (χ1v) is 7.43. The Morgan fingerprint density at radius 3 is 2.86 bits per heavy atom. The molecule has 0 aliphatic carbocycles. The van der Waals surface area contributed by atoms with Crippen LogP contribution in [0.4, 0.5) is 5.69 Å². The van der Waals surface area contributed by atoms with E-state index in [2.05, 4.69) is 4.90 Å². The number of hydrogen-bond donors (Lipinski definition) is 2. The van der Waals surface area contributed by atoms with E-state index in [1.54, 1.807) is 6.07 Å². The lowest BCUT2D eigenvalue weighted by Gasteiger charge is -2.34. The van der Waals surface area contributed by atoms with Crippen molar-refractivity contribution in [2.24, 2.45) is 17.4 Å². The molecule has 1 aromatic carbocycles. The Morgan fingerprint density at radius 1 is 1.55 bits per heavy atom. The number of nitrogens with two attached hydrogens (primary N) is 2. The number of rotatable bonds is 5. The van der Waals surface area contributed by atoms with Crippen LogP contribution in [0, 0.1) is 16.0 Å². The Bertz CT molecular complexity index is 574. The smallest absolute Gasteiger partial charge is 0.274 e. The lowest BCUT2D eigenvalue weighted by molar-refractivity contribution is -0.385. The zero-order chi connectivity index (χ0) is 16.3. The molecule has 0 saturated carbocycles. The summed E-state index contributed by atoms with van der Waals surface area (Å²) in [6.45, 7) is 4.22. The van der Waals surface area contributed by atoms with E-state index in [-0.39, 0.29) is 17.3 Å². The maximum absolute atomic E-state index is 11.2. The van der Waals surface area contributed by atoms with Crippen LogP contribution in [0.15, 0.2) is 18.2 Å². The molecule has 7 nitrogen and oxygen atoms in total. The minimum absolute atomic E-state index is 0.0563. The van der Waals surface area contributed by atoms with Crippen LogP contribution in [-0.4, -0.2) is 34.9 Å². The van der Waals surface area contributed by atoms with Crippen LogP contribution in [-0.2, 0) is 6.54 Å². The molecule has 1 saturated heterocycles. The minimum Gasteiger partial charge on any atom is -0.366 e. The average molecular weight is 306 g/mol. The number of nitrogens with zero attached hydrogens (tertiary/aromatic N) is 2.